The second kappa shape index (κ2) is 7.04. The molecule has 0 aromatic carbocycles. The van der Waals surface area contributed by atoms with Gasteiger partial charge in [0.2, 0.25) is 5.82 Å². The third-order valence-electron chi connectivity index (χ3n) is 4.74. The Morgan fingerprint density at radius 1 is 1.48 bits per heavy atom. The predicted molar refractivity (Wildman–Crippen MR) is 94.9 cm³/mol. The molecule has 3 rings (SSSR count). The molecule has 1 atom stereocenters. The summed E-state index contributed by atoms with van der Waals surface area (Å²) < 4.78 is 1.62. The fourth-order valence-electron chi connectivity index (χ4n) is 3.49. The molecule has 0 radical (unpaired) electrons. The van der Waals surface area contributed by atoms with Crippen molar-refractivity contribution in [2.45, 2.75) is 32.2 Å². The van der Waals surface area contributed by atoms with Crippen molar-refractivity contribution in [2.75, 3.05) is 29.9 Å². The number of hydrogen-bond acceptors (Lipinski definition) is 7. The molecule has 0 bridgehead atoms. The Kier molecular flexibility index (Phi) is 4.82. The summed E-state index contributed by atoms with van der Waals surface area (Å²) in [4.78, 5) is 15.4. The standard InChI is InChI=1S/C16H23N7O2/c1-4-13-15(23(24)25)16(21(3)19-13)20(2)12-7-6-10-22(11-12)14-8-5-9-17-18-14/h5,8-9,12H,4,6-7,10-11H2,1-3H3. The maximum atomic E-state index is 11.6. The van der Waals surface area contributed by atoms with Crippen LogP contribution in [0, 0.1) is 10.1 Å². The largest absolute Gasteiger partial charge is 0.353 e. The van der Waals surface area contributed by atoms with Crippen molar-refractivity contribution in [1.82, 2.24) is 20.0 Å². The van der Waals surface area contributed by atoms with Crippen molar-refractivity contribution in [1.29, 1.82) is 0 Å². The maximum absolute atomic E-state index is 11.6. The van der Waals surface area contributed by atoms with E-state index in [0.29, 0.717) is 17.9 Å². The van der Waals surface area contributed by atoms with E-state index >= 15 is 0 Å². The fraction of sp³-hybridized carbons (Fsp3) is 0.562. The van der Waals surface area contributed by atoms with Crippen molar-refractivity contribution in [3.8, 4) is 0 Å². The van der Waals surface area contributed by atoms with Crippen molar-refractivity contribution < 1.29 is 4.92 Å². The molecule has 9 nitrogen and oxygen atoms in total. The van der Waals surface area contributed by atoms with Gasteiger partial charge in [0, 0.05) is 39.4 Å². The lowest BCUT2D eigenvalue weighted by atomic mass is 10.0. The van der Waals surface area contributed by atoms with Crippen LogP contribution in [-0.4, -0.2) is 51.1 Å². The molecule has 1 aliphatic heterocycles. The van der Waals surface area contributed by atoms with Gasteiger partial charge in [0.25, 0.3) is 0 Å². The average molecular weight is 345 g/mol. The molecule has 1 fully saturated rings. The van der Waals surface area contributed by atoms with E-state index in [1.54, 1.807) is 17.9 Å². The molecule has 0 spiro atoms. The third kappa shape index (κ3) is 3.26. The van der Waals surface area contributed by atoms with Crippen LogP contribution in [0.1, 0.15) is 25.5 Å². The number of hydrogen-bond donors (Lipinski definition) is 0. The zero-order chi connectivity index (χ0) is 18.0. The van der Waals surface area contributed by atoms with Gasteiger partial charge in [0.15, 0.2) is 5.82 Å². The molecule has 0 aliphatic carbocycles. The molecule has 0 amide bonds. The van der Waals surface area contributed by atoms with Gasteiger partial charge in [0.05, 0.1) is 4.92 Å². The van der Waals surface area contributed by atoms with Gasteiger partial charge >= 0.3 is 5.69 Å². The SMILES string of the molecule is CCc1nn(C)c(N(C)C2CCCN(c3cccnn3)C2)c1[N+](=O)[O-]. The molecular formula is C16H23N7O2. The number of piperidine rings is 1. The van der Waals surface area contributed by atoms with E-state index in [1.165, 1.54) is 0 Å². The highest BCUT2D eigenvalue weighted by atomic mass is 16.6. The normalized spacial score (nSPS) is 17.6. The number of nitro groups is 1. The zero-order valence-corrected chi connectivity index (χ0v) is 14.8. The molecule has 0 N–H and O–H groups in total. The minimum absolute atomic E-state index is 0.115. The van der Waals surface area contributed by atoms with Gasteiger partial charge in [0.1, 0.15) is 5.69 Å². The highest BCUT2D eigenvalue weighted by Gasteiger charge is 2.33. The molecule has 3 heterocycles. The van der Waals surface area contributed by atoms with Crippen LogP contribution in [0.3, 0.4) is 0 Å². The first-order valence-electron chi connectivity index (χ1n) is 8.48. The van der Waals surface area contributed by atoms with Crippen molar-refractivity contribution in [2.24, 2.45) is 7.05 Å². The lowest BCUT2D eigenvalue weighted by molar-refractivity contribution is -0.384. The van der Waals surface area contributed by atoms with Crippen LogP contribution in [0.25, 0.3) is 0 Å². The Bertz CT molecular complexity index is 746. The Hall–Kier alpha value is -2.71. The average Bonchev–Trinajstić information content (AvgIpc) is 2.98. The van der Waals surface area contributed by atoms with E-state index in [9.17, 15) is 10.1 Å². The van der Waals surface area contributed by atoms with Crippen LogP contribution in [0.5, 0.6) is 0 Å². The highest BCUT2D eigenvalue weighted by Crippen LogP contribution is 2.33. The molecule has 0 saturated carbocycles. The molecule has 2 aromatic rings. The van der Waals surface area contributed by atoms with Crippen molar-refractivity contribution in [3.63, 3.8) is 0 Å². The number of aryl methyl sites for hydroxylation is 2. The predicted octanol–water partition coefficient (Wildman–Crippen LogP) is 1.79. The number of nitrogens with zero attached hydrogens (tertiary/aromatic N) is 7. The van der Waals surface area contributed by atoms with Gasteiger partial charge in [-0.1, -0.05) is 6.92 Å². The Morgan fingerprint density at radius 2 is 2.28 bits per heavy atom. The minimum atomic E-state index is -0.319. The lowest BCUT2D eigenvalue weighted by Gasteiger charge is -2.38. The number of likely N-dealkylation sites (N-methyl/N-ethyl adjacent to an activating group) is 1. The summed E-state index contributed by atoms with van der Waals surface area (Å²) in [6.07, 6.45) is 4.16. The van der Waals surface area contributed by atoms with Crippen LogP contribution in [0.2, 0.25) is 0 Å². The Morgan fingerprint density at radius 3 is 2.92 bits per heavy atom. The van der Waals surface area contributed by atoms with Gasteiger partial charge < -0.3 is 9.80 Å². The third-order valence-corrected chi connectivity index (χ3v) is 4.74. The summed E-state index contributed by atoms with van der Waals surface area (Å²) in [5, 5.41) is 24.1. The smallest absolute Gasteiger partial charge is 0.334 e. The molecule has 1 saturated heterocycles. The van der Waals surface area contributed by atoms with Crippen LogP contribution >= 0.6 is 0 Å². The van der Waals surface area contributed by atoms with Gasteiger partial charge in [-0.15, -0.1) is 5.10 Å². The van der Waals surface area contributed by atoms with E-state index in [1.807, 2.05) is 31.0 Å². The quantitative estimate of drug-likeness (QED) is 0.602. The van der Waals surface area contributed by atoms with E-state index in [-0.39, 0.29) is 16.7 Å². The fourth-order valence-corrected chi connectivity index (χ4v) is 3.49. The molecular weight excluding hydrogens is 322 g/mol. The summed E-state index contributed by atoms with van der Waals surface area (Å²) >= 11 is 0. The van der Waals surface area contributed by atoms with Gasteiger partial charge in [-0.05, 0) is 31.4 Å². The molecule has 1 aliphatic rings. The minimum Gasteiger partial charge on any atom is -0.353 e. The Labute approximate surface area is 146 Å². The monoisotopic (exact) mass is 345 g/mol. The van der Waals surface area contributed by atoms with E-state index in [4.69, 9.17) is 0 Å². The first-order chi connectivity index (χ1) is 12.0. The van der Waals surface area contributed by atoms with Crippen LogP contribution in [-0.2, 0) is 13.5 Å². The molecule has 134 valence electrons. The van der Waals surface area contributed by atoms with Gasteiger partial charge in [-0.25, -0.2) is 4.68 Å². The summed E-state index contributed by atoms with van der Waals surface area (Å²) in [7, 11) is 3.68. The second-order valence-corrected chi connectivity index (χ2v) is 6.29. The summed E-state index contributed by atoms with van der Waals surface area (Å²) in [6, 6.07) is 3.96. The molecule has 9 heteroatoms. The summed E-state index contributed by atoms with van der Waals surface area (Å²) in [5.41, 5.74) is 0.639. The number of rotatable bonds is 5. The van der Waals surface area contributed by atoms with Gasteiger partial charge in [-0.3, -0.25) is 10.1 Å². The molecule has 2 aromatic heterocycles. The van der Waals surface area contributed by atoms with E-state index in [0.717, 1.165) is 31.7 Å². The topological polar surface area (TPSA) is 93.2 Å². The first-order valence-corrected chi connectivity index (χ1v) is 8.48. The highest BCUT2D eigenvalue weighted by molar-refractivity contribution is 5.62. The first kappa shape index (κ1) is 17.1. The molecule has 25 heavy (non-hydrogen) atoms. The Balaban J connectivity index is 1.87. The lowest BCUT2D eigenvalue weighted by Crippen LogP contribution is -2.47. The van der Waals surface area contributed by atoms with Crippen LogP contribution in [0.15, 0.2) is 18.3 Å². The zero-order valence-electron chi connectivity index (χ0n) is 14.8. The number of aromatic nitrogens is 4. The van der Waals surface area contributed by atoms with Crippen LogP contribution < -0.4 is 9.80 Å². The van der Waals surface area contributed by atoms with E-state index < -0.39 is 0 Å². The van der Waals surface area contributed by atoms with E-state index in [2.05, 4.69) is 20.2 Å². The number of anilines is 2. The van der Waals surface area contributed by atoms with Gasteiger partial charge in [-0.2, -0.15) is 10.2 Å². The van der Waals surface area contributed by atoms with Crippen LogP contribution in [0.4, 0.5) is 17.3 Å². The van der Waals surface area contributed by atoms with Crippen molar-refractivity contribution >= 4 is 17.3 Å². The molecule has 1 unspecified atom stereocenters. The maximum Gasteiger partial charge on any atom is 0.334 e. The van der Waals surface area contributed by atoms with Crippen molar-refractivity contribution in [3.05, 3.63) is 34.1 Å². The summed E-state index contributed by atoms with van der Waals surface area (Å²) in [5.74, 6) is 1.40. The second-order valence-electron chi connectivity index (χ2n) is 6.29. The summed E-state index contributed by atoms with van der Waals surface area (Å²) in [6.45, 7) is 3.55.